The van der Waals surface area contributed by atoms with Crippen LogP contribution in [0.4, 0.5) is 0 Å². The van der Waals surface area contributed by atoms with Crippen LogP contribution in [0.1, 0.15) is 18.5 Å². The fourth-order valence-corrected chi connectivity index (χ4v) is 3.06. The third kappa shape index (κ3) is 5.53. The topological polar surface area (TPSA) is 56.9 Å². The number of aliphatic imine (C=N–C) groups is 1. The summed E-state index contributed by atoms with van der Waals surface area (Å²) in [6.45, 7) is 5.93. The second-order valence-corrected chi connectivity index (χ2v) is 6.41. The molecule has 0 bridgehead atoms. The van der Waals surface area contributed by atoms with Crippen LogP contribution in [0.25, 0.3) is 0 Å². The fourth-order valence-electron chi connectivity index (χ4n) is 2.57. The van der Waals surface area contributed by atoms with Crippen molar-refractivity contribution in [3.8, 4) is 0 Å². The zero-order chi connectivity index (χ0) is 15.6. The maximum Gasteiger partial charge on any atom is 0.193 e. The van der Waals surface area contributed by atoms with Gasteiger partial charge in [0.1, 0.15) is 6.26 Å². The van der Waals surface area contributed by atoms with E-state index in [1.807, 2.05) is 24.9 Å². The van der Waals surface area contributed by atoms with Crippen molar-refractivity contribution in [1.29, 1.82) is 0 Å². The summed E-state index contributed by atoms with van der Waals surface area (Å²) in [4.78, 5) is 9.15. The van der Waals surface area contributed by atoms with Crippen LogP contribution >= 0.6 is 11.8 Å². The number of hydrogen-bond donors (Lipinski definition) is 1. The van der Waals surface area contributed by atoms with Crippen molar-refractivity contribution in [2.75, 3.05) is 51.8 Å². The van der Waals surface area contributed by atoms with Crippen molar-refractivity contribution in [3.05, 3.63) is 18.0 Å². The molecule has 1 aromatic heterocycles. The van der Waals surface area contributed by atoms with E-state index in [0.717, 1.165) is 50.9 Å². The number of nitrogens with one attached hydrogen (secondary N) is 1. The summed E-state index contributed by atoms with van der Waals surface area (Å²) in [5, 5.41) is 7.46. The van der Waals surface area contributed by atoms with Crippen molar-refractivity contribution in [2.45, 2.75) is 19.4 Å². The first kappa shape index (κ1) is 17.1. The number of rotatable bonds is 7. The molecular formula is C15H27N5OS. The monoisotopic (exact) mass is 325 g/mol. The molecule has 0 spiro atoms. The second kappa shape index (κ2) is 9.74. The van der Waals surface area contributed by atoms with Gasteiger partial charge >= 0.3 is 0 Å². The molecule has 1 aliphatic rings. The van der Waals surface area contributed by atoms with E-state index in [1.165, 1.54) is 18.6 Å². The van der Waals surface area contributed by atoms with E-state index < -0.39 is 0 Å². The van der Waals surface area contributed by atoms with E-state index in [0.29, 0.717) is 0 Å². The minimum absolute atomic E-state index is 0.866. The van der Waals surface area contributed by atoms with Crippen LogP contribution in [0.2, 0.25) is 0 Å². The van der Waals surface area contributed by atoms with Gasteiger partial charge in [0.25, 0.3) is 0 Å². The number of piperazine rings is 1. The van der Waals surface area contributed by atoms with E-state index in [1.54, 1.807) is 6.26 Å². The van der Waals surface area contributed by atoms with Gasteiger partial charge in [-0.3, -0.25) is 9.89 Å². The molecular weight excluding hydrogens is 298 g/mol. The summed E-state index contributed by atoms with van der Waals surface area (Å²) >= 11 is 1.91. The number of guanidine groups is 1. The van der Waals surface area contributed by atoms with Crippen LogP contribution in [0.3, 0.4) is 0 Å². The van der Waals surface area contributed by atoms with E-state index in [9.17, 15) is 0 Å². The Balaban J connectivity index is 1.67. The second-order valence-electron chi connectivity index (χ2n) is 5.43. The highest BCUT2D eigenvalue weighted by Crippen LogP contribution is 2.07. The Bertz CT molecular complexity index is 429. The van der Waals surface area contributed by atoms with Crippen LogP contribution in [-0.4, -0.2) is 72.7 Å². The zero-order valence-electron chi connectivity index (χ0n) is 13.6. The van der Waals surface area contributed by atoms with Gasteiger partial charge in [-0.05, 0) is 24.9 Å². The number of hydrogen-bond acceptors (Lipinski definition) is 5. The van der Waals surface area contributed by atoms with Gasteiger partial charge in [0.2, 0.25) is 0 Å². The Morgan fingerprint density at radius 1 is 1.36 bits per heavy atom. The third-order valence-corrected chi connectivity index (χ3v) is 4.52. The predicted molar refractivity (Wildman–Crippen MR) is 92.3 cm³/mol. The smallest absolute Gasteiger partial charge is 0.193 e. The Hall–Kier alpha value is -1.21. The lowest BCUT2D eigenvalue weighted by atomic mass is 10.3. The summed E-state index contributed by atoms with van der Waals surface area (Å²) in [5.41, 5.74) is 1.00. The summed E-state index contributed by atoms with van der Waals surface area (Å²) in [6.07, 6.45) is 6.25. The number of thioether (sulfide) groups is 1. The molecule has 2 rings (SSSR count). The first-order chi connectivity index (χ1) is 10.8. The predicted octanol–water partition coefficient (Wildman–Crippen LogP) is 1.51. The first-order valence-electron chi connectivity index (χ1n) is 7.89. The molecule has 6 nitrogen and oxygen atoms in total. The molecule has 1 fully saturated rings. The highest BCUT2D eigenvalue weighted by atomic mass is 32.2. The normalized spacial score (nSPS) is 17.0. The number of aromatic nitrogens is 1. The van der Waals surface area contributed by atoms with Crippen molar-refractivity contribution in [1.82, 2.24) is 20.3 Å². The quantitative estimate of drug-likeness (QED) is 0.466. The lowest BCUT2D eigenvalue weighted by Gasteiger charge is -2.36. The molecule has 1 N–H and O–H groups in total. The highest BCUT2D eigenvalue weighted by Gasteiger charge is 2.19. The fraction of sp³-hybridized carbons (Fsp3) is 0.733. The molecule has 0 atom stereocenters. The Morgan fingerprint density at radius 3 is 2.82 bits per heavy atom. The van der Waals surface area contributed by atoms with Crippen LogP contribution in [0, 0.1) is 0 Å². The average Bonchev–Trinajstić information content (AvgIpc) is 3.05. The lowest BCUT2D eigenvalue weighted by Crippen LogP contribution is -2.52. The molecule has 124 valence electrons. The molecule has 0 saturated carbocycles. The standard InChI is InChI=1S/C15H27N5OS/c1-16-15(17-6-3-4-12-22-2)20-9-7-19(8-10-20)13-14-5-11-21-18-14/h5,11H,3-4,6-10,12-13H2,1-2H3,(H,16,17). The molecule has 0 aromatic carbocycles. The van der Waals surface area contributed by atoms with E-state index in [2.05, 4.69) is 31.5 Å². The minimum atomic E-state index is 0.866. The van der Waals surface area contributed by atoms with Gasteiger partial charge in [-0.2, -0.15) is 11.8 Å². The average molecular weight is 325 g/mol. The molecule has 0 radical (unpaired) electrons. The Kier molecular flexibility index (Phi) is 7.59. The maximum absolute atomic E-state index is 4.89. The van der Waals surface area contributed by atoms with Gasteiger partial charge in [0, 0.05) is 52.4 Å². The van der Waals surface area contributed by atoms with Gasteiger partial charge in [0.15, 0.2) is 5.96 Å². The van der Waals surface area contributed by atoms with Crippen LogP contribution in [0.15, 0.2) is 21.8 Å². The van der Waals surface area contributed by atoms with Crippen molar-refractivity contribution < 1.29 is 4.52 Å². The Labute approximate surface area is 137 Å². The molecule has 0 amide bonds. The van der Waals surface area contributed by atoms with Crippen LogP contribution in [-0.2, 0) is 6.54 Å². The molecule has 2 heterocycles. The van der Waals surface area contributed by atoms with Gasteiger partial charge in [0.05, 0.1) is 5.69 Å². The van der Waals surface area contributed by atoms with E-state index in [-0.39, 0.29) is 0 Å². The third-order valence-electron chi connectivity index (χ3n) is 3.82. The molecule has 22 heavy (non-hydrogen) atoms. The SMILES string of the molecule is CN=C(NCCCCSC)N1CCN(Cc2ccon2)CC1. The summed E-state index contributed by atoms with van der Waals surface area (Å²) in [6, 6.07) is 1.93. The largest absolute Gasteiger partial charge is 0.364 e. The van der Waals surface area contributed by atoms with Gasteiger partial charge < -0.3 is 14.7 Å². The highest BCUT2D eigenvalue weighted by molar-refractivity contribution is 7.98. The van der Waals surface area contributed by atoms with Gasteiger partial charge in [-0.1, -0.05) is 5.16 Å². The minimum Gasteiger partial charge on any atom is -0.364 e. The summed E-state index contributed by atoms with van der Waals surface area (Å²) in [7, 11) is 1.87. The molecule has 0 unspecified atom stereocenters. The Morgan fingerprint density at radius 2 is 2.18 bits per heavy atom. The number of nitrogens with zero attached hydrogens (tertiary/aromatic N) is 4. The van der Waals surface area contributed by atoms with Crippen LogP contribution < -0.4 is 5.32 Å². The van der Waals surface area contributed by atoms with Crippen LogP contribution in [0.5, 0.6) is 0 Å². The maximum atomic E-state index is 4.89. The molecule has 0 aliphatic carbocycles. The molecule has 1 saturated heterocycles. The summed E-state index contributed by atoms with van der Waals surface area (Å²) in [5.74, 6) is 2.27. The summed E-state index contributed by atoms with van der Waals surface area (Å²) < 4.78 is 4.89. The number of unbranched alkanes of at least 4 members (excludes halogenated alkanes) is 1. The van der Waals surface area contributed by atoms with Gasteiger partial charge in [-0.25, -0.2) is 0 Å². The van der Waals surface area contributed by atoms with Gasteiger partial charge in [-0.15, -0.1) is 0 Å². The zero-order valence-corrected chi connectivity index (χ0v) is 14.4. The van der Waals surface area contributed by atoms with Crippen molar-refractivity contribution in [3.63, 3.8) is 0 Å². The lowest BCUT2D eigenvalue weighted by molar-refractivity contribution is 0.169. The first-order valence-corrected chi connectivity index (χ1v) is 9.29. The van der Waals surface area contributed by atoms with Crippen molar-refractivity contribution in [2.24, 2.45) is 4.99 Å². The molecule has 7 heteroatoms. The molecule has 1 aliphatic heterocycles. The van der Waals surface area contributed by atoms with E-state index >= 15 is 0 Å². The van der Waals surface area contributed by atoms with Crippen molar-refractivity contribution >= 4 is 17.7 Å². The molecule has 1 aromatic rings. The van der Waals surface area contributed by atoms with E-state index in [4.69, 9.17) is 4.52 Å².